The number of hydrogen-bond acceptors (Lipinski definition) is 1. The standard InChI is InChI=1S/C18H20N2/c1-2-6-13-12(5-1)11-20-10-9-15-14-7-3-4-8-16(14)19-17(15)18(13)20/h1-4,7-8,12-13,18-19H,5-6,9-11H2/t12-,13+,18+/m0/s1. The fourth-order valence-corrected chi connectivity index (χ4v) is 4.80. The summed E-state index contributed by atoms with van der Waals surface area (Å²) in [6, 6.07) is 9.46. The Bertz CT molecular complexity index is 697. The lowest BCUT2D eigenvalue weighted by Gasteiger charge is -2.33. The van der Waals surface area contributed by atoms with Crippen LogP contribution in [0.25, 0.3) is 10.9 Å². The quantitative estimate of drug-likeness (QED) is 0.719. The number of aromatic nitrogens is 1. The summed E-state index contributed by atoms with van der Waals surface area (Å²) in [7, 11) is 0. The van der Waals surface area contributed by atoms with Gasteiger partial charge in [0.2, 0.25) is 0 Å². The second kappa shape index (κ2) is 3.98. The highest BCUT2D eigenvalue weighted by Crippen LogP contribution is 2.49. The fraction of sp³-hybridized carbons (Fsp3) is 0.444. The van der Waals surface area contributed by atoms with E-state index in [4.69, 9.17) is 0 Å². The number of nitrogens with one attached hydrogen (secondary N) is 1. The van der Waals surface area contributed by atoms with Gasteiger partial charge < -0.3 is 4.98 Å². The zero-order chi connectivity index (χ0) is 13.1. The highest BCUT2D eigenvalue weighted by molar-refractivity contribution is 5.85. The maximum Gasteiger partial charge on any atom is 0.0536 e. The Balaban J connectivity index is 1.68. The molecule has 5 rings (SSSR count). The van der Waals surface area contributed by atoms with E-state index < -0.39 is 0 Å². The molecule has 2 heteroatoms. The molecule has 1 aromatic carbocycles. The van der Waals surface area contributed by atoms with Crippen molar-refractivity contribution in [3.8, 4) is 0 Å². The van der Waals surface area contributed by atoms with Crippen molar-refractivity contribution in [3.63, 3.8) is 0 Å². The molecule has 0 saturated carbocycles. The molecule has 1 N–H and O–H groups in total. The highest BCUT2D eigenvalue weighted by Gasteiger charge is 2.45. The van der Waals surface area contributed by atoms with Crippen LogP contribution in [0.15, 0.2) is 36.4 Å². The Morgan fingerprint density at radius 2 is 2.00 bits per heavy atom. The first kappa shape index (κ1) is 11.2. The van der Waals surface area contributed by atoms with Crippen molar-refractivity contribution in [3.05, 3.63) is 47.7 Å². The summed E-state index contributed by atoms with van der Waals surface area (Å²) >= 11 is 0. The number of hydrogen-bond donors (Lipinski definition) is 1. The third-order valence-electron chi connectivity index (χ3n) is 5.68. The molecule has 3 heterocycles. The van der Waals surface area contributed by atoms with Crippen LogP contribution in [-0.2, 0) is 6.42 Å². The SMILES string of the molecule is C1=CC[C@@H]2[C@@H](C1)CN1CCc3c([nH]c4ccccc34)[C@@H]21. The summed E-state index contributed by atoms with van der Waals surface area (Å²) < 4.78 is 0. The van der Waals surface area contributed by atoms with Crippen molar-refractivity contribution in [2.45, 2.75) is 25.3 Å². The lowest BCUT2D eigenvalue weighted by molar-refractivity contribution is 0.211. The van der Waals surface area contributed by atoms with Crippen molar-refractivity contribution in [2.24, 2.45) is 11.8 Å². The largest absolute Gasteiger partial charge is 0.357 e. The van der Waals surface area contributed by atoms with Crippen molar-refractivity contribution < 1.29 is 0 Å². The molecule has 2 aromatic rings. The lowest BCUT2D eigenvalue weighted by atomic mass is 9.80. The van der Waals surface area contributed by atoms with Crippen molar-refractivity contribution in [2.75, 3.05) is 13.1 Å². The monoisotopic (exact) mass is 264 g/mol. The molecule has 1 aromatic heterocycles. The number of aromatic amines is 1. The molecule has 0 bridgehead atoms. The molecule has 2 aliphatic heterocycles. The van der Waals surface area contributed by atoms with Crippen LogP contribution in [0.1, 0.15) is 30.1 Å². The molecule has 3 atom stereocenters. The van der Waals surface area contributed by atoms with Crippen LogP contribution in [0.3, 0.4) is 0 Å². The molecule has 2 nitrogen and oxygen atoms in total. The maximum atomic E-state index is 3.75. The van der Waals surface area contributed by atoms with Gasteiger partial charge in [-0.05, 0) is 42.7 Å². The highest BCUT2D eigenvalue weighted by atomic mass is 15.2. The van der Waals surface area contributed by atoms with E-state index in [0.29, 0.717) is 6.04 Å². The van der Waals surface area contributed by atoms with E-state index in [2.05, 4.69) is 46.3 Å². The van der Waals surface area contributed by atoms with Gasteiger partial charge >= 0.3 is 0 Å². The number of benzene rings is 1. The number of H-pyrrole nitrogens is 1. The average molecular weight is 264 g/mol. The first-order valence-corrected chi connectivity index (χ1v) is 7.90. The fourth-order valence-electron chi connectivity index (χ4n) is 4.80. The first-order valence-electron chi connectivity index (χ1n) is 7.90. The van der Waals surface area contributed by atoms with Gasteiger partial charge in [0.25, 0.3) is 0 Å². The van der Waals surface area contributed by atoms with E-state index in [-0.39, 0.29) is 0 Å². The Labute approximate surface area is 119 Å². The van der Waals surface area contributed by atoms with Crippen LogP contribution in [0.2, 0.25) is 0 Å². The second-order valence-electron chi connectivity index (χ2n) is 6.62. The minimum atomic E-state index is 0.640. The minimum absolute atomic E-state index is 0.640. The number of rotatable bonds is 0. The zero-order valence-electron chi connectivity index (χ0n) is 11.7. The molecule has 0 amide bonds. The molecule has 0 radical (unpaired) electrons. The molecule has 3 aliphatic rings. The third kappa shape index (κ3) is 1.38. The Morgan fingerprint density at radius 3 is 3.00 bits per heavy atom. The van der Waals surface area contributed by atoms with E-state index in [1.165, 1.54) is 48.9 Å². The lowest BCUT2D eigenvalue weighted by Crippen LogP contribution is -2.32. The molecule has 102 valence electrons. The topological polar surface area (TPSA) is 19.0 Å². The summed E-state index contributed by atoms with van der Waals surface area (Å²) in [6.07, 6.45) is 8.56. The summed E-state index contributed by atoms with van der Waals surface area (Å²) in [5.74, 6) is 1.70. The number of allylic oxidation sites excluding steroid dienone is 2. The first-order chi connectivity index (χ1) is 9.92. The van der Waals surface area contributed by atoms with Crippen molar-refractivity contribution >= 4 is 10.9 Å². The van der Waals surface area contributed by atoms with Crippen LogP contribution in [0, 0.1) is 11.8 Å². The van der Waals surface area contributed by atoms with Gasteiger partial charge in [-0.15, -0.1) is 0 Å². The van der Waals surface area contributed by atoms with E-state index in [0.717, 1.165) is 11.8 Å². The molecule has 0 spiro atoms. The Morgan fingerprint density at radius 1 is 1.10 bits per heavy atom. The van der Waals surface area contributed by atoms with E-state index >= 15 is 0 Å². The van der Waals surface area contributed by atoms with E-state index in [9.17, 15) is 0 Å². The smallest absolute Gasteiger partial charge is 0.0536 e. The summed E-state index contributed by atoms with van der Waals surface area (Å²) in [4.78, 5) is 6.49. The van der Waals surface area contributed by atoms with Gasteiger partial charge in [-0.1, -0.05) is 30.4 Å². The predicted molar refractivity (Wildman–Crippen MR) is 81.7 cm³/mol. The second-order valence-corrected chi connectivity index (χ2v) is 6.62. The summed E-state index contributed by atoms with van der Waals surface area (Å²) in [6.45, 7) is 2.54. The van der Waals surface area contributed by atoms with E-state index in [1.807, 2.05) is 0 Å². The molecule has 20 heavy (non-hydrogen) atoms. The number of para-hydroxylation sites is 1. The summed E-state index contributed by atoms with van der Waals surface area (Å²) in [5, 5.41) is 1.46. The maximum absolute atomic E-state index is 3.75. The molecule has 1 aliphatic carbocycles. The van der Waals surface area contributed by atoms with Gasteiger partial charge in [0, 0.05) is 29.7 Å². The minimum Gasteiger partial charge on any atom is -0.357 e. The van der Waals surface area contributed by atoms with Gasteiger partial charge in [0.15, 0.2) is 0 Å². The van der Waals surface area contributed by atoms with E-state index in [1.54, 1.807) is 5.56 Å². The molecule has 0 unspecified atom stereocenters. The normalized spacial score (nSPS) is 32.1. The molecule has 1 fully saturated rings. The van der Waals surface area contributed by atoms with Crippen LogP contribution in [-0.4, -0.2) is 23.0 Å². The number of nitrogens with zero attached hydrogens (tertiary/aromatic N) is 1. The predicted octanol–water partition coefficient (Wildman–Crippen LogP) is 3.66. The third-order valence-corrected chi connectivity index (χ3v) is 5.68. The van der Waals surface area contributed by atoms with Crippen LogP contribution < -0.4 is 0 Å². The van der Waals surface area contributed by atoms with Gasteiger partial charge in [0.05, 0.1) is 6.04 Å². The van der Waals surface area contributed by atoms with Gasteiger partial charge in [-0.25, -0.2) is 0 Å². The Hall–Kier alpha value is -1.54. The molecular formula is C18H20N2. The molecular weight excluding hydrogens is 244 g/mol. The molecule has 1 saturated heterocycles. The van der Waals surface area contributed by atoms with Gasteiger partial charge in [0.1, 0.15) is 0 Å². The van der Waals surface area contributed by atoms with Crippen LogP contribution >= 0.6 is 0 Å². The van der Waals surface area contributed by atoms with Crippen LogP contribution in [0.5, 0.6) is 0 Å². The zero-order valence-corrected chi connectivity index (χ0v) is 11.7. The van der Waals surface area contributed by atoms with Gasteiger partial charge in [-0.2, -0.15) is 0 Å². The Kier molecular flexibility index (Phi) is 2.22. The average Bonchev–Trinajstić information content (AvgIpc) is 3.04. The van der Waals surface area contributed by atoms with Crippen molar-refractivity contribution in [1.82, 2.24) is 9.88 Å². The van der Waals surface area contributed by atoms with Crippen LogP contribution in [0.4, 0.5) is 0 Å². The number of fused-ring (bicyclic) bond motifs is 7. The van der Waals surface area contributed by atoms with Crippen molar-refractivity contribution in [1.29, 1.82) is 0 Å². The van der Waals surface area contributed by atoms with Gasteiger partial charge in [-0.3, -0.25) is 4.90 Å². The summed E-state index contributed by atoms with van der Waals surface area (Å²) in [5.41, 5.74) is 4.45.